The number of carbonyl (C=O) groups is 3. The number of carboxylic acid groups (broad SMARTS) is 1. The number of fused-ring (bicyclic) bond motifs is 1. The average Bonchev–Trinajstić information content (AvgIpc) is 3.18. The summed E-state index contributed by atoms with van der Waals surface area (Å²) >= 11 is 1.42. The largest absolute Gasteiger partial charge is 0.481 e. The number of hydrogen-bond acceptors (Lipinski definition) is 9. The fraction of sp³-hybridized carbons (Fsp3) is 0.360. The van der Waals surface area contributed by atoms with Gasteiger partial charge < -0.3 is 26.0 Å². The molecule has 0 fully saturated rings. The summed E-state index contributed by atoms with van der Waals surface area (Å²) < 4.78 is 10.9. The molecule has 0 saturated carbocycles. The molecule has 3 aromatic rings. The minimum atomic E-state index is -0.833. The molecule has 0 saturated heterocycles. The summed E-state index contributed by atoms with van der Waals surface area (Å²) in [5.41, 5.74) is 14.6. The first kappa shape index (κ1) is 29.4. The fourth-order valence-corrected chi connectivity index (χ4v) is 3.60. The van der Waals surface area contributed by atoms with E-state index in [2.05, 4.69) is 4.98 Å². The van der Waals surface area contributed by atoms with Gasteiger partial charge in [-0.25, -0.2) is 4.98 Å². The number of carboxylic acids is 1. The molecule has 0 aliphatic carbocycles. The van der Waals surface area contributed by atoms with Crippen molar-refractivity contribution in [3.05, 3.63) is 53.6 Å². The lowest BCUT2D eigenvalue weighted by molar-refractivity contribution is -0.145. The molecule has 0 aliphatic heterocycles. The van der Waals surface area contributed by atoms with Crippen LogP contribution in [0.5, 0.6) is 0 Å². The van der Waals surface area contributed by atoms with Gasteiger partial charge in [0, 0.05) is 12.6 Å². The molecular formula is C25H33N3O6S. The van der Waals surface area contributed by atoms with Gasteiger partial charge in [-0.3, -0.25) is 14.4 Å². The Bertz CT molecular complexity index is 1110. The molecule has 5 N–H and O–H groups in total. The Morgan fingerprint density at radius 3 is 1.86 bits per heavy atom. The monoisotopic (exact) mass is 503 g/mol. The van der Waals surface area contributed by atoms with Gasteiger partial charge in [0.15, 0.2) is 5.13 Å². The number of rotatable bonds is 6. The van der Waals surface area contributed by atoms with Gasteiger partial charge >= 0.3 is 11.9 Å². The number of ether oxygens (including phenoxy) is 2. The van der Waals surface area contributed by atoms with Crippen molar-refractivity contribution in [1.29, 1.82) is 0 Å². The topological polar surface area (TPSA) is 155 Å². The number of nitrogens with two attached hydrogens (primary N) is 2. The molecule has 0 aliphatic rings. The number of benzene rings is 2. The van der Waals surface area contributed by atoms with Crippen LogP contribution in [0.15, 0.2) is 42.5 Å². The number of thiazole rings is 1. The number of hydrogen-bond donors (Lipinski definition) is 3. The molecule has 190 valence electrons. The SMILES string of the molecule is CC(=O)O.CCOC(=O)C(C)c1ccc(N)cc1.CCOC(=O)C(C)c1ccc2nc(N)sc2c1. The highest BCUT2D eigenvalue weighted by Crippen LogP contribution is 2.28. The fourth-order valence-electron chi connectivity index (χ4n) is 2.82. The van der Waals surface area contributed by atoms with Crippen molar-refractivity contribution in [2.24, 2.45) is 0 Å². The van der Waals surface area contributed by atoms with Crippen LogP contribution in [-0.4, -0.2) is 41.2 Å². The molecule has 2 aromatic carbocycles. The Balaban J connectivity index is 0.000000309. The zero-order chi connectivity index (χ0) is 26.5. The maximum atomic E-state index is 11.6. The Morgan fingerprint density at radius 1 is 0.914 bits per heavy atom. The van der Waals surface area contributed by atoms with Crippen LogP contribution in [0.4, 0.5) is 10.8 Å². The summed E-state index contributed by atoms with van der Waals surface area (Å²) in [7, 11) is 0. The Kier molecular flexibility index (Phi) is 12.2. The third-order valence-electron chi connectivity index (χ3n) is 4.65. The summed E-state index contributed by atoms with van der Waals surface area (Å²) in [4.78, 5) is 36.2. The molecule has 0 radical (unpaired) electrons. The average molecular weight is 504 g/mol. The number of nitrogens with zero attached hydrogens (tertiary/aromatic N) is 1. The van der Waals surface area contributed by atoms with E-state index < -0.39 is 5.97 Å². The van der Waals surface area contributed by atoms with Crippen molar-refractivity contribution in [1.82, 2.24) is 4.98 Å². The molecule has 2 unspecified atom stereocenters. The summed E-state index contributed by atoms with van der Waals surface area (Å²) in [5, 5.41) is 7.96. The highest BCUT2D eigenvalue weighted by atomic mass is 32.1. The number of esters is 2. The van der Waals surface area contributed by atoms with Crippen molar-refractivity contribution in [2.45, 2.75) is 46.5 Å². The second kappa shape index (κ2) is 14.6. The Hall–Kier alpha value is -3.66. The van der Waals surface area contributed by atoms with Gasteiger partial charge in [-0.15, -0.1) is 0 Å². The highest BCUT2D eigenvalue weighted by molar-refractivity contribution is 7.22. The van der Waals surface area contributed by atoms with Crippen LogP contribution in [0.25, 0.3) is 10.2 Å². The minimum absolute atomic E-state index is 0.197. The van der Waals surface area contributed by atoms with E-state index in [1.807, 2.05) is 44.2 Å². The minimum Gasteiger partial charge on any atom is -0.481 e. The maximum absolute atomic E-state index is 11.6. The standard InChI is InChI=1S/C12H14N2O2S.C11H15NO2.C2H4O2/c1-3-16-11(15)7(2)8-4-5-9-10(6-8)17-12(13)14-9;1-3-14-11(13)8(2)9-4-6-10(12)7-5-9;1-2(3)4/h4-7H,3H2,1-2H3,(H2,13,14);4-8H,3,12H2,1-2H3;1H3,(H,3,4). The van der Waals surface area contributed by atoms with Crippen LogP contribution >= 0.6 is 11.3 Å². The number of nitrogen functional groups attached to an aromatic ring is 2. The van der Waals surface area contributed by atoms with Gasteiger partial charge in [-0.05, 0) is 63.1 Å². The van der Waals surface area contributed by atoms with E-state index in [0.717, 1.165) is 28.3 Å². The number of aliphatic carboxylic acids is 1. The van der Waals surface area contributed by atoms with Gasteiger partial charge in [0.2, 0.25) is 0 Å². The van der Waals surface area contributed by atoms with Crippen LogP contribution in [0.1, 0.15) is 57.6 Å². The van der Waals surface area contributed by atoms with E-state index >= 15 is 0 Å². The van der Waals surface area contributed by atoms with Crippen molar-refractivity contribution >= 4 is 50.3 Å². The lowest BCUT2D eigenvalue weighted by atomic mass is 10.0. The predicted octanol–water partition coefficient (Wildman–Crippen LogP) is 4.57. The first-order valence-corrected chi connectivity index (χ1v) is 11.9. The van der Waals surface area contributed by atoms with Crippen LogP contribution in [0, 0.1) is 0 Å². The first-order chi connectivity index (χ1) is 16.5. The Morgan fingerprint density at radius 2 is 1.37 bits per heavy atom. The highest BCUT2D eigenvalue weighted by Gasteiger charge is 2.17. The smallest absolute Gasteiger partial charge is 0.313 e. The molecular weight excluding hydrogens is 470 g/mol. The molecule has 0 bridgehead atoms. The maximum Gasteiger partial charge on any atom is 0.313 e. The summed E-state index contributed by atoms with van der Waals surface area (Å²) in [5.74, 6) is -1.72. The van der Waals surface area contributed by atoms with Gasteiger partial charge in [0.25, 0.3) is 5.97 Å². The molecule has 10 heteroatoms. The van der Waals surface area contributed by atoms with Crippen LogP contribution < -0.4 is 11.5 Å². The quantitative estimate of drug-likeness (QED) is 0.324. The van der Waals surface area contributed by atoms with Crippen molar-refractivity contribution in [2.75, 3.05) is 24.7 Å². The lowest BCUT2D eigenvalue weighted by Gasteiger charge is -2.10. The predicted molar refractivity (Wildman–Crippen MR) is 138 cm³/mol. The van der Waals surface area contributed by atoms with Gasteiger partial charge in [0.1, 0.15) is 0 Å². The summed E-state index contributed by atoms with van der Waals surface area (Å²) in [6.45, 7) is 9.16. The molecule has 0 amide bonds. The van der Waals surface area contributed by atoms with E-state index in [1.165, 1.54) is 11.3 Å². The molecule has 3 rings (SSSR count). The lowest BCUT2D eigenvalue weighted by Crippen LogP contribution is -2.12. The summed E-state index contributed by atoms with van der Waals surface area (Å²) in [6, 6.07) is 13.0. The molecule has 2 atom stereocenters. The van der Waals surface area contributed by atoms with Gasteiger partial charge in [-0.1, -0.05) is 29.5 Å². The molecule has 1 aromatic heterocycles. The third kappa shape index (κ3) is 10.0. The first-order valence-electron chi connectivity index (χ1n) is 11.0. The van der Waals surface area contributed by atoms with E-state index in [1.54, 1.807) is 26.0 Å². The van der Waals surface area contributed by atoms with E-state index in [4.69, 9.17) is 30.8 Å². The molecule has 9 nitrogen and oxygen atoms in total. The van der Waals surface area contributed by atoms with Crippen molar-refractivity contribution < 1.29 is 29.0 Å². The molecule has 0 spiro atoms. The zero-order valence-electron chi connectivity index (χ0n) is 20.6. The molecule has 35 heavy (non-hydrogen) atoms. The van der Waals surface area contributed by atoms with E-state index in [-0.39, 0.29) is 23.8 Å². The zero-order valence-corrected chi connectivity index (χ0v) is 21.4. The number of carbonyl (C=O) groups excluding carboxylic acids is 2. The second-order valence-electron chi connectivity index (χ2n) is 7.41. The summed E-state index contributed by atoms with van der Waals surface area (Å²) in [6.07, 6.45) is 0. The Labute approximate surface area is 209 Å². The van der Waals surface area contributed by atoms with Gasteiger partial charge in [0.05, 0.1) is 35.3 Å². The van der Waals surface area contributed by atoms with E-state index in [0.29, 0.717) is 24.0 Å². The number of aromatic nitrogens is 1. The van der Waals surface area contributed by atoms with Crippen LogP contribution in [-0.2, 0) is 23.9 Å². The van der Waals surface area contributed by atoms with Crippen molar-refractivity contribution in [3.8, 4) is 0 Å². The van der Waals surface area contributed by atoms with Gasteiger partial charge in [-0.2, -0.15) is 0 Å². The van der Waals surface area contributed by atoms with Crippen molar-refractivity contribution in [3.63, 3.8) is 0 Å². The van der Waals surface area contributed by atoms with Crippen LogP contribution in [0.2, 0.25) is 0 Å². The third-order valence-corrected chi connectivity index (χ3v) is 5.49. The van der Waals surface area contributed by atoms with Crippen LogP contribution in [0.3, 0.4) is 0 Å². The normalized spacial score (nSPS) is 11.7. The second-order valence-corrected chi connectivity index (χ2v) is 8.47. The van der Waals surface area contributed by atoms with E-state index in [9.17, 15) is 9.59 Å². The molecule has 1 heterocycles. The number of anilines is 2.